The number of hydrogen-bond acceptors (Lipinski definition) is 7. The van der Waals surface area contributed by atoms with Gasteiger partial charge in [-0.2, -0.15) is 9.61 Å². The summed E-state index contributed by atoms with van der Waals surface area (Å²) in [4.78, 5) is 44.8. The van der Waals surface area contributed by atoms with Gasteiger partial charge in [0.25, 0.3) is 11.8 Å². The van der Waals surface area contributed by atoms with Crippen LogP contribution >= 0.6 is 11.3 Å². The van der Waals surface area contributed by atoms with Gasteiger partial charge in [0.2, 0.25) is 0 Å². The first-order chi connectivity index (χ1) is 16.5. The van der Waals surface area contributed by atoms with Crippen LogP contribution < -0.4 is 16.0 Å². The van der Waals surface area contributed by atoms with E-state index in [1.165, 1.54) is 17.8 Å². The van der Waals surface area contributed by atoms with E-state index >= 15 is 0 Å². The van der Waals surface area contributed by atoms with E-state index in [1.807, 2.05) is 23.1 Å². The summed E-state index contributed by atoms with van der Waals surface area (Å²) in [6.07, 6.45) is 8.66. The molecule has 0 spiro atoms. The number of fused-ring (bicyclic) bond motifs is 1. The van der Waals surface area contributed by atoms with Gasteiger partial charge < -0.3 is 15.5 Å². The van der Waals surface area contributed by atoms with E-state index in [4.69, 9.17) is 4.98 Å². The van der Waals surface area contributed by atoms with Crippen molar-refractivity contribution in [2.24, 2.45) is 0 Å². The molecule has 4 amide bonds. The molecule has 0 atom stereocenters. The number of urea groups is 1. The lowest BCUT2D eigenvalue weighted by atomic mass is 10.1. The first-order valence-corrected chi connectivity index (χ1v) is 12.3. The lowest BCUT2D eigenvalue weighted by Gasteiger charge is -2.26. The molecule has 6 rings (SSSR count). The fourth-order valence-corrected chi connectivity index (χ4v) is 5.16. The Labute approximate surface area is 199 Å². The monoisotopic (exact) mass is 477 g/mol. The van der Waals surface area contributed by atoms with Crippen LogP contribution in [-0.2, 0) is 4.79 Å². The molecule has 3 N–H and O–H groups in total. The summed E-state index contributed by atoms with van der Waals surface area (Å²) in [6.45, 7) is 1.62. The van der Waals surface area contributed by atoms with E-state index in [-0.39, 0.29) is 11.6 Å². The van der Waals surface area contributed by atoms with Crippen molar-refractivity contribution in [1.29, 1.82) is 0 Å². The number of carbonyl (C=O) groups is 3. The van der Waals surface area contributed by atoms with E-state index in [9.17, 15) is 14.4 Å². The smallest absolute Gasteiger partial charge is 0.326 e. The lowest BCUT2D eigenvalue weighted by molar-refractivity contribution is -0.115. The molecule has 5 heterocycles. The van der Waals surface area contributed by atoms with Crippen LogP contribution in [-0.4, -0.2) is 56.5 Å². The summed E-state index contributed by atoms with van der Waals surface area (Å²) in [5.41, 5.74) is 2.03. The maximum Gasteiger partial charge on any atom is 0.326 e. The molecule has 0 aromatic carbocycles. The molecule has 0 bridgehead atoms. The van der Waals surface area contributed by atoms with Crippen molar-refractivity contribution in [3.05, 3.63) is 40.5 Å². The average Bonchev–Trinajstić information content (AvgIpc) is 3.22. The van der Waals surface area contributed by atoms with Crippen LogP contribution in [0.4, 0.5) is 10.6 Å². The van der Waals surface area contributed by atoms with Gasteiger partial charge in [0.15, 0.2) is 5.65 Å². The van der Waals surface area contributed by atoms with Crippen LogP contribution in [0.5, 0.6) is 0 Å². The molecule has 3 fully saturated rings. The fourth-order valence-electron chi connectivity index (χ4n) is 4.23. The molecule has 2 aliphatic heterocycles. The Morgan fingerprint density at radius 1 is 1.15 bits per heavy atom. The van der Waals surface area contributed by atoms with Gasteiger partial charge in [-0.3, -0.25) is 14.9 Å². The lowest BCUT2D eigenvalue weighted by Crippen LogP contribution is -2.35. The molecule has 0 radical (unpaired) electrons. The molecule has 2 saturated heterocycles. The van der Waals surface area contributed by atoms with Gasteiger partial charge in [-0.15, -0.1) is 11.3 Å². The normalized spacial score (nSPS) is 19.5. The Kier molecular flexibility index (Phi) is 5.05. The molecular formula is C23H23N7O3S. The maximum absolute atomic E-state index is 13.0. The molecule has 174 valence electrons. The van der Waals surface area contributed by atoms with Crippen LogP contribution in [0.25, 0.3) is 22.3 Å². The first-order valence-electron chi connectivity index (χ1n) is 11.4. The standard InChI is InChI=1S/C23H23N7O3S/c31-21-16(27-23(33)28-21)10-13-12-24-30-19(25-14-4-5-14)11-15(26-20(13)30)17-6-7-18(34-17)22(32)29-8-2-1-3-9-29/h6-7,10-12,14,25H,1-5,8-9H2,(H2,27,28,31,33)/b16-10-. The molecular weight excluding hydrogens is 454 g/mol. The quantitative estimate of drug-likeness (QED) is 0.384. The Hall–Kier alpha value is -3.73. The van der Waals surface area contributed by atoms with Crippen LogP contribution in [0, 0.1) is 0 Å². The Bertz CT molecular complexity index is 1350. The molecule has 3 aliphatic rings. The number of imide groups is 1. The number of aromatic nitrogens is 3. The van der Waals surface area contributed by atoms with Crippen molar-refractivity contribution < 1.29 is 14.4 Å². The Balaban J connectivity index is 1.38. The van der Waals surface area contributed by atoms with Crippen molar-refractivity contribution in [2.75, 3.05) is 18.4 Å². The number of nitrogens with zero attached hydrogens (tertiary/aromatic N) is 4. The maximum atomic E-state index is 13.0. The summed E-state index contributed by atoms with van der Waals surface area (Å²) in [5, 5.41) is 12.7. The van der Waals surface area contributed by atoms with Crippen molar-refractivity contribution in [3.63, 3.8) is 0 Å². The zero-order valence-corrected chi connectivity index (χ0v) is 19.2. The highest BCUT2D eigenvalue weighted by Gasteiger charge is 2.26. The SMILES string of the molecule is O=C1NC(=O)/C(=C/c2cnn3c(NC4CC4)cc(-c4ccc(C(=O)N5CCCCC5)s4)nc23)N1. The number of carbonyl (C=O) groups excluding carboxylic acids is 3. The van der Waals surface area contributed by atoms with Gasteiger partial charge in [0.1, 0.15) is 11.5 Å². The van der Waals surface area contributed by atoms with E-state index < -0.39 is 11.9 Å². The highest BCUT2D eigenvalue weighted by molar-refractivity contribution is 7.17. The molecule has 3 aromatic heterocycles. The summed E-state index contributed by atoms with van der Waals surface area (Å²) in [6, 6.07) is 5.58. The third kappa shape index (κ3) is 3.92. The van der Waals surface area contributed by atoms with E-state index in [2.05, 4.69) is 21.0 Å². The first kappa shape index (κ1) is 20.8. The third-order valence-corrected chi connectivity index (χ3v) is 7.26. The topological polar surface area (TPSA) is 121 Å². The molecule has 34 heavy (non-hydrogen) atoms. The highest BCUT2D eigenvalue weighted by Crippen LogP contribution is 2.33. The Morgan fingerprint density at radius 2 is 1.97 bits per heavy atom. The minimum atomic E-state index is -0.554. The van der Waals surface area contributed by atoms with Crippen molar-refractivity contribution >= 4 is 46.7 Å². The molecule has 10 nitrogen and oxygen atoms in total. The largest absolute Gasteiger partial charge is 0.367 e. The zero-order chi connectivity index (χ0) is 23.2. The zero-order valence-electron chi connectivity index (χ0n) is 18.3. The molecule has 1 aliphatic carbocycles. The summed E-state index contributed by atoms with van der Waals surface area (Å²) >= 11 is 1.43. The number of anilines is 1. The van der Waals surface area contributed by atoms with Gasteiger partial charge >= 0.3 is 6.03 Å². The van der Waals surface area contributed by atoms with Crippen LogP contribution in [0.1, 0.15) is 47.3 Å². The second kappa shape index (κ2) is 8.24. The van der Waals surface area contributed by atoms with Gasteiger partial charge in [-0.1, -0.05) is 0 Å². The second-order valence-electron chi connectivity index (χ2n) is 8.76. The van der Waals surface area contributed by atoms with Crippen molar-refractivity contribution in [1.82, 2.24) is 30.1 Å². The van der Waals surface area contributed by atoms with E-state index in [0.29, 0.717) is 22.1 Å². The van der Waals surface area contributed by atoms with Gasteiger partial charge in [0, 0.05) is 30.8 Å². The number of hydrogen-bond donors (Lipinski definition) is 3. The molecule has 0 unspecified atom stereocenters. The van der Waals surface area contributed by atoms with Gasteiger partial charge in [0.05, 0.1) is 21.6 Å². The molecule has 1 saturated carbocycles. The third-order valence-electron chi connectivity index (χ3n) is 6.16. The second-order valence-corrected chi connectivity index (χ2v) is 9.85. The minimum Gasteiger partial charge on any atom is -0.367 e. The number of nitrogens with one attached hydrogen (secondary N) is 3. The number of thiophene rings is 1. The van der Waals surface area contributed by atoms with E-state index in [0.717, 1.165) is 55.2 Å². The molecule has 11 heteroatoms. The van der Waals surface area contributed by atoms with Crippen LogP contribution in [0.3, 0.4) is 0 Å². The summed E-state index contributed by atoms with van der Waals surface area (Å²) < 4.78 is 1.70. The Morgan fingerprint density at radius 3 is 2.71 bits per heavy atom. The number of likely N-dealkylation sites (tertiary alicyclic amines) is 1. The van der Waals surface area contributed by atoms with Gasteiger partial charge in [-0.25, -0.2) is 9.78 Å². The number of piperidine rings is 1. The number of amides is 4. The van der Waals surface area contributed by atoms with Crippen LogP contribution in [0.15, 0.2) is 30.1 Å². The minimum absolute atomic E-state index is 0.0751. The number of rotatable bonds is 5. The van der Waals surface area contributed by atoms with Crippen molar-refractivity contribution in [3.8, 4) is 10.6 Å². The van der Waals surface area contributed by atoms with Crippen molar-refractivity contribution in [2.45, 2.75) is 38.1 Å². The summed E-state index contributed by atoms with van der Waals surface area (Å²) in [7, 11) is 0. The van der Waals surface area contributed by atoms with Crippen LogP contribution in [0.2, 0.25) is 0 Å². The van der Waals surface area contributed by atoms with E-state index in [1.54, 1.807) is 16.8 Å². The van der Waals surface area contributed by atoms with Gasteiger partial charge in [-0.05, 0) is 50.3 Å². The predicted molar refractivity (Wildman–Crippen MR) is 127 cm³/mol. The summed E-state index contributed by atoms with van der Waals surface area (Å²) in [5.74, 6) is 0.381. The average molecular weight is 478 g/mol. The fraction of sp³-hybridized carbons (Fsp3) is 0.348. The molecule has 3 aromatic rings. The highest BCUT2D eigenvalue weighted by atomic mass is 32.1. The predicted octanol–water partition coefficient (Wildman–Crippen LogP) is 2.84.